The molecule has 1 amide bonds. The van der Waals surface area contributed by atoms with E-state index in [1.807, 2.05) is 6.07 Å². The van der Waals surface area contributed by atoms with Gasteiger partial charge < -0.3 is 5.32 Å². The van der Waals surface area contributed by atoms with Crippen LogP contribution in [0.4, 0.5) is 0 Å². The summed E-state index contributed by atoms with van der Waals surface area (Å²) in [5.74, 6) is 1.68. The number of nitrogens with one attached hydrogen (secondary N) is 1. The van der Waals surface area contributed by atoms with Crippen LogP contribution in [0.5, 0.6) is 0 Å². The number of benzene rings is 2. The molecular formula is C21H25NO. The molecule has 2 heteroatoms. The van der Waals surface area contributed by atoms with Crippen LogP contribution in [0.3, 0.4) is 0 Å². The zero-order chi connectivity index (χ0) is 16.2. The molecule has 2 aromatic carbocycles. The number of amides is 1. The third-order valence-electron chi connectivity index (χ3n) is 5.18. The molecule has 1 heterocycles. The Bertz CT molecular complexity index is 647. The summed E-state index contributed by atoms with van der Waals surface area (Å²) in [7, 11) is 0. The maximum Gasteiger partial charge on any atom is 0.220 e. The summed E-state index contributed by atoms with van der Waals surface area (Å²) in [5.41, 5.74) is 3.90. The van der Waals surface area contributed by atoms with Crippen LogP contribution >= 0.6 is 0 Å². The predicted molar refractivity (Wildman–Crippen MR) is 95.2 cm³/mol. The lowest BCUT2D eigenvalue weighted by Crippen LogP contribution is -2.42. The van der Waals surface area contributed by atoms with Crippen LogP contribution in [0.2, 0.25) is 0 Å². The van der Waals surface area contributed by atoms with Gasteiger partial charge >= 0.3 is 0 Å². The number of carbonyl (C=O) groups is 1. The number of piperidine rings is 1. The summed E-state index contributed by atoms with van der Waals surface area (Å²) in [6, 6.07) is 19.5. The molecule has 0 aliphatic carbocycles. The van der Waals surface area contributed by atoms with E-state index >= 15 is 0 Å². The minimum Gasteiger partial charge on any atom is -0.356 e. The van der Waals surface area contributed by atoms with Crippen LogP contribution in [0.25, 0.3) is 11.1 Å². The Labute approximate surface area is 138 Å². The van der Waals surface area contributed by atoms with E-state index < -0.39 is 0 Å². The van der Waals surface area contributed by atoms with Crippen LogP contribution in [0.1, 0.15) is 38.2 Å². The zero-order valence-corrected chi connectivity index (χ0v) is 14.0. The minimum atomic E-state index is 0.197. The van der Waals surface area contributed by atoms with Gasteiger partial charge in [-0.1, -0.05) is 68.4 Å². The van der Waals surface area contributed by atoms with E-state index in [1.54, 1.807) is 0 Å². The Morgan fingerprint density at radius 1 is 1.04 bits per heavy atom. The molecule has 0 saturated carbocycles. The van der Waals surface area contributed by atoms with Crippen molar-refractivity contribution in [1.82, 2.24) is 5.32 Å². The second kappa shape index (κ2) is 6.99. The molecule has 1 saturated heterocycles. The van der Waals surface area contributed by atoms with E-state index in [4.69, 9.17) is 0 Å². The fourth-order valence-corrected chi connectivity index (χ4v) is 3.83. The highest BCUT2D eigenvalue weighted by atomic mass is 16.1. The van der Waals surface area contributed by atoms with Crippen LogP contribution in [0, 0.1) is 11.8 Å². The van der Waals surface area contributed by atoms with Gasteiger partial charge in [0.25, 0.3) is 0 Å². The fourth-order valence-electron chi connectivity index (χ4n) is 3.83. The SMILES string of the molecule is CCC(c1ccc(-c2ccccc2)cc1)[C@H]1CNC(=O)CC1C. The Morgan fingerprint density at radius 2 is 1.70 bits per heavy atom. The summed E-state index contributed by atoms with van der Waals surface area (Å²) >= 11 is 0. The largest absolute Gasteiger partial charge is 0.356 e. The van der Waals surface area contributed by atoms with Crippen molar-refractivity contribution in [1.29, 1.82) is 0 Å². The van der Waals surface area contributed by atoms with Gasteiger partial charge in [0.15, 0.2) is 0 Å². The standard InChI is InChI=1S/C21H25NO/c1-3-19(20-14-22-21(23)13-15(20)2)18-11-9-17(10-12-18)16-7-5-4-6-8-16/h4-12,15,19-20H,3,13-14H2,1-2H3,(H,22,23)/t15?,19?,20-/m0/s1. The monoisotopic (exact) mass is 307 g/mol. The average Bonchev–Trinajstić information content (AvgIpc) is 2.59. The van der Waals surface area contributed by atoms with Gasteiger partial charge in [0, 0.05) is 13.0 Å². The van der Waals surface area contributed by atoms with Crippen LogP contribution in [-0.2, 0) is 4.79 Å². The molecule has 1 aliphatic heterocycles. The zero-order valence-electron chi connectivity index (χ0n) is 14.0. The molecule has 120 valence electrons. The maximum atomic E-state index is 11.6. The first-order valence-electron chi connectivity index (χ1n) is 8.61. The molecule has 0 aromatic heterocycles. The number of rotatable bonds is 4. The van der Waals surface area contributed by atoms with Gasteiger partial charge in [0.2, 0.25) is 5.91 Å². The summed E-state index contributed by atoms with van der Waals surface area (Å²) < 4.78 is 0. The molecule has 0 bridgehead atoms. The number of carbonyl (C=O) groups excluding carboxylic acids is 1. The summed E-state index contributed by atoms with van der Waals surface area (Å²) in [4.78, 5) is 11.6. The van der Waals surface area contributed by atoms with Crippen molar-refractivity contribution in [3.8, 4) is 11.1 Å². The molecule has 0 spiro atoms. The van der Waals surface area contributed by atoms with E-state index in [-0.39, 0.29) is 5.91 Å². The minimum absolute atomic E-state index is 0.197. The van der Waals surface area contributed by atoms with E-state index in [0.29, 0.717) is 24.2 Å². The highest BCUT2D eigenvalue weighted by molar-refractivity contribution is 5.77. The first-order chi connectivity index (χ1) is 11.2. The molecule has 2 unspecified atom stereocenters. The Balaban J connectivity index is 1.81. The topological polar surface area (TPSA) is 29.1 Å². The van der Waals surface area contributed by atoms with Gasteiger partial charge in [0.1, 0.15) is 0 Å². The third-order valence-corrected chi connectivity index (χ3v) is 5.18. The molecule has 1 fully saturated rings. The van der Waals surface area contributed by atoms with Gasteiger partial charge in [-0.3, -0.25) is 4.79 Å². The van der Waals surface area contributed by atoms with E-state index in [9.17, 15) is 4.79 Å². The maximum absolute atomic E-state index is 11.6. The Kier molecular flexibility index (Phi) is 4.80. The second-order valence-electron chi connectivity index (χ2n) is 6.65. The molecule has 2 aromatic rings. The van der Waals surface area contributed by atoms with Crippen molar-refractivity contribution in [2.24, 2.45) is 11.8 Å². The quantitative estimate of drug-likeness (QED) is 0.877. The smallest absolute Gasteiger partial charge is 0.220 e. The Morgan fingerprint density at radius 3 is 2.30 bits per heavy atom. The fraction of sp³-hybridized carbons (Fsp3) is 0.381. The van der Waals surface area contributed by atoms with Crippen LogP contribution in [0.15, 0.2) is 54.6 Å². The van der Waals surface area contributed by atoms with E-state index in [1.165, 1.54) is 16.7 Å². The lowest BCUT2D eigenvalue weighted by molar-refractivity contribution is -0.124. The first kappa shape index (κ1) is 15.8. The molecular weight excluding hydrogens is 282 g/mol. The summed E-state index contributed by atoms with van der Waals surface area (Å²) in [5, 5.41) is 3.05. The highest BCUT2D eigenvalue weighted by Gasteiger charge is 2.31. The summed E-state index contributed by atoms with van der Waals surface area (Å²) in [6.45, 7) is 5.27. The van der Waals surface area contributed by atoms with Gasteiger partial charge in [-0.25, -0.2) is 0 Å². The van der Waals surface area contributed by atoms with Crippen molar-refractivity contribution in [2.45, 2.75) is 32.6 Å². The molecule has 3 atom stereocenters. The normalized spacial score (nSPS) is 22.4. The number of hydrogen-bond donors (Lipinski definition) is 1. The van der Waals surface area contributed by atoms with Gasteiger partial charge in [-0.15, -0.1) is 0 Å². The van der Waals surface area contributed by atoms with E-state index in [0.717, 1.165) is 13.0 Å². The first-order valence-corrected chi connectivity index (χ1v) is 8.61. The Hall–Kier alpha value is -2.09. The van der Waals surface area contributed by atoms with Crippen molar-refractivity contribution in [3.05, 3.63) is 60.2 Å². The second-order valence-corrected chi connectivity index (χ2v) is 6.65. The molecule has 0 radical (unpaired) electrons. The summed E-state index contributed by atoms with van der Waals surface area (Å²) in [6.07, 6.45) is 1.76. The molecule has 23 heavy (non-hydrogen) atoms. The van der Waals surface area contributed by atoms with Crippen LogP contribution < -0.4 is 5.32 Å². The molecule has 1 aliphatic rings. The average molecular weight is 307 g/mol. The van der Waals surface area contributed by atoms with Crippen molar-refractivity contribution in [2.75, 3.05) is 6.54 Å². The molecule has 3 rings (SSSR count). The van der Waals surface area contributed by atoms with Crippen LogP contribution in [-0.4, -0.2) is 12.5 Å². The predicted octanol–water partition coefficient (Wildman–Crippen LogP) is 4.62. The lowest BCUT2D eigenvalue weighted by atomic mass is 9.74. The van der Waals surface area contributed by atoms with Gasteiger partial charge in [-0.05, 0) is 40.9 Å². The van der Waals surface area contributed by atoms with Crippen molar-refractivity contribution < 1.29 is 4.79 Å². The molecule has 2 nitrogen and oxygen atoms in total. The molecule has 1 N–H and O–H groups in total. The van der Waals surface area contributed by atoms with Gasteiger partial charge in [0.05, 0.1) is 0 Å². The highest BCUT2D eigenvalue weighted by Crippen LogP contribution is 2.36. The van der Waals surface area contributed by atoms with E-state index in [2.05, 4.69) is 67.7 Å². The van der Waals surface area contributed by atoms with Crippen molar-refractivity contribution in [3.63, 3.8) is 0 Å². The van der Waals surface area contributed by atoms with Crippen molar-refractivity contribution >= 4 is 5.91 Å². The number of hydrogen-bond acceptors (Lipinski definition) is 1. The lowest BCUT2D eigenvalue weighted by Gasteiger charge is -2.35. The third kappa shape index (κ3) is 3.47. The van der Waals surface area contributed by atoms with Gasteiger partial charge in [-0.2, -0.15) is 0 Å².